The maximum absolute atomic E-state index is 12.6. The number of likely N-dealkylation sites (tertiary alicyclic amines) is 1. The van der Waals surface area contributed by atoms with E-state index in [0.717, 1.165) is 0 Å². The molecule has 1 aromatic heterocycles. The highest BCUT2D eigenvalue weighted by Crippen LogP contribution is 2.27. The third-order valence-corrected chi connectivity index (χ3v) is 7.52. The van der Waals surface area contributed by atoms with E-state index in [2.05, 4.69) is 0 Å². The zero-order valence-corrected chi connectivity index (χ0v) is 14.7. The molecule has 0 aliphatic carbocycles. The quantitative estimate of drug-likeness (QED) is 0.832. The molecule has 0 N–H and O–H groups in total. The summed E-state index contributed by atoms with van der Waals surface area (Å²) in [6.07, 6.45) is 0.921. The van der Waals surface area contributed by atoms with Crippen molar-refractivity contribution in [3.05, 3.63) is 51.7 Å². The predicted molar refractivity (Wildman–Crippen MR) is 91.9 cm³/mol. The SMILES string of the molecule is O=C(c1ccc(Cl)s1)N1CCC(S(=O)(=O)c2ccccc2)CC1. The van der Waals surface area contributed by atoms with Crippen molar-refractivity contribution in [1.29, 1.82) is 0 Å². The highest BCUT2D eigenvalue weighted by molar-refractivity contribution is 7.92. The third-order valence-electron chi connectivity index (χ3n) is 4.02. The van der Waals surface area contributed by atoms with E-state index < -0.39 is 15.1 Å². The molecule has 1 amide bonds. The first kappa shape index (κ1) is 16.5. The van der Waals surface area contributed by atoms with Crippen molar-refractivity contribution < 1.29 is 13.2 Å². The monoisotopic (exact) mass is 369 g/mol. The number of hydrogen-bond donors (Lipinski definition) is 0. The Morgan fingerprint density at radius 2 is 1.74 bits per heavy atom. The fourth-order valence-corrected chi connectivity index (χ4v) is 5.52. The van der Waals surface area contributed by atoms with Crippen LogP contribution in [0.1, 0.15) is 22.5 Å². The molecule has 2 aromatic rings. The summed E-state index contributed by atoms with van der Waals surface area (Å²) in [5.41, 5.74) is 0. The summed E-state index contributed by atoms with van der Waals surface area (Å²) >= 11 is 7.11. The second-order valence-electron chi connectivity index (χ2n) is 5.45. The van der Waals surface area contributed by atoms with E-state index in [9.17, 15) is 13.2 Å². The Kier molecular flexibility index (Phi) is 4.75. The molecule has 2 heterocycles. The van der Waals surface area contributed by atoms with Crippen LogP contribution in [0.15, 0.2) is 47.4 Å². The molecular formula is C16H16ClNO3S2. The number of nitrogens with zero attached hydrogens (tertiary/aromatic N) is 1. The largest absolute Gasteiger partial charge is 0.338 e. The molecular weight excluding hydrogens is 354 g/mol. The summed E-state index contributed by atoms with van der Waals surface area (Å²) in [4.78, 5) is 15.0. The lowest BCUT2D eigenvalue weighted by atomic mass is 10.1. The number of amides is 1. The van der Waals surface area contributed by atoms with Gasteiger partial charge in [-0.05, 0) is 37.1 Å². The zero-order valence-electron chi connectivity index (χ0n) is 12.3. The Bertz CT molecular complexity index is 794. The number of benzene rings is 1. The van der Waals surface area contributed by atoms with Crippen LogP contribution in [0.25, 0.3) is 0 Å². The fourth-order valence-electron chi connectivity index (χ4n) is 2.76. The van der Waals surface area contributed by atoms with Crippen molar-refractivity contribution in [3.63, 3.8) is 0 Å². The number of sulfone groups is 1. The van der Waals surface area contributed by atoms with E-state index in [-0.39, 0.29) is 5.91 Å². The van der Waals surface area contributed by atoms with Gasteiger partial charge in [0.25, 0.3) is 5.91 Å². The molecule has 1 aromatic carbocycles. The van der Waals surface area contributed by atoms with E-state index in [1.807, 2.05) is 0 Å². The molecule has 0 spiro atoms. The number of halogens is 1. The summed E-state index contributed by atoms with van der Waals surface area (Å²) in [7, 11) is -3.33. The molecule has 3 rings (SSSR count). The van der Waals surface area contributed by atoms with Gasteiger partial charge in [0, 0.05) is 13.1 Å². The van der Waals surface area contributed by atoms with Gasteiger partial charge in [-0.1, -0.05) is 29.8 Å². The van der Waals surface area contributed by atoms with Crippen molar-refractivity contribution in [2.24, 2.45) is 0 Å². The highest BCUT2D eigenvalue weighted by atomic mass is 35.5. The summed E-state index contributed by atoms with van der Waals surface area (Å²) in [6.45, 7) is 0.899. The Balaban J connectivity index is 1.68. The maximum Gasteiger partial charge on any atom is 0.263 e. The number of carbonyl (C=O) groups is 1. The van der Waals surface area contributed by atoms with Gasteiger partial charge in [-0.15, -0.1) is 11.3 Å². The highest BCUT2D eigenvalue weighted by Gasteiger charge is 2.33. The molecule has 23 heavy (non-hydrogen) atoms. The Morgan fingerprint density at radius 3 is 2.30 bits per heavy atom. The standard InChI is InChI=1S/C16H16ClNO3S2/c17-15-7-6-14(22-15)16(19)18-10-8-13(9-11-18)23(20,21)12-4-2-1-3-5-12/h1-7,13H,8-11H2. The normalized spacial score (nSPS) is 16.5. The molecule has 1 saturated heterocycles. The van der Waals surface area contributed by atoms with Gasteiger partial charge in [-0.3, -0.25) is 4.79 Å². The molecule has 1 aliphatic heterocycles. The topological polar surface area (TPSA) is 54.5 Å². The van der Waals surface area contributed by atoms with Gasteiger partial charge >= 0.3 is 0 Å². The van der Waals surface area contributed by atoms with Crippen LogP contribution in [-0.4, -0.2) is 37.6 Å². The summed E-state index contributed by atoms with van der Waals surface area (Å²) in [5, 5.41) is -0.430. The molecule has 0 bridgehead atoms. The first-order chi connectivity index (χ1) is 11.0. The zero-order chi connectivity index (χ0) is 16.4. The van der Waals surface area contributed by atoms with Gasteiger partial charge in [-0.2, -0.15) is 0 Å². The predicted octanol–water partition coefficient (Wildman–Crippen LogP) is 3.48. The van der Waals surface area contributed by atoms with Gasteiger partial charge in [0.15, 0.2) is 9.84 Å². The summed E-state index contributed by atoms with van der Waals surface area (Å²) < 4.78 is 25.8. The number of hydrogen-bond acceptors (Lipinski definition) is 4. The second kappa shape index (κ2) is 6.63. The average molecular weight is 370 g/mol. The molecule has 1 fully saturated rings. The minimum absolute atomic E-state index is 0.0718. The second-order valence-corrected chi connectivity index (χ2v) is 9.40. The summed E-state index contributed by atoms with van der Waals surface area (Å²) in [5.74, 6) is -0.0718. The molecule has 0 unspecified atom stereocenters. The van der Waals surface area contributed by atoms with Crippen LogP contribution in [0.4, 0.5) is 0 Å². The van der Waals surface area contributed by atoms with Crippen LogP contribution in [0.2, 0.25) is 4.34 Å². The van der Waals surface area contributed by atoms with E-state index >= 15 is 0 Å². The van der Waals surface area contributed by atoms with E-state index in [1.54, 1.807) is 47.4 Å². The molecule has 4 nitrogen and oxygen atoms in total. The lowest BCUT2D eigenvalue weighted by Crippen LogP contribution is -2.42. The molecule has 122 valence electrons. The maximum atomic E-state index is 12.6. The first-order valence-electron chi connectivity index (χ1n) is 7.32. The van der Waals surface area contributed by atoms with Gasteiger partial charge in [0.2, 0.25) is 0 Å². The third kappa shape index (κ3) is 3.44. The number of rotatable bonds is 3. The van der Waals surface area contributed by atoms with Crippen molar-refractivity contribution in [2.75, 3.05) is 13.1 Å². The van der Waals surface area contributed by atoms with Gasteiger partial charge in [-0.25, -0.2) is 8.42 Å². The Morgan fingerprint density at radius 1 is 1.09 bits per heavy atom. The lowest BCUT2D eigenvalue weighted by Gasteiger charge is -2.31. The lowest BCUT2D eigenvalue weighted by molar-refractivity contribution is 0.0730. The molecule has 1 aliphatic rings. The number of piperidine rings is 1. The Labute approximate surface area is 144 Å². The molecule has 0 radical (unpaired) electrons. The molecule has 0 atom stereocenters. The van der Waals surface area contributed by atoms with Crippen LogP contribution in [-0.2, 0) is 9.84 Å². The molecule has 7 heteroatoms. The van der Waals surface area contributed by atoms with Gasteiger partial charge < -0.3 is 4.90 Å². The van der Waals surface area contributed by atoms with Crippen LogP contribution < -0.4 is 0 Å². The van der Waals surface area contributed by atoms with E-state index in [0.29, 0.717) is 40.0 Å². The van der Waals surface area contributed by atoms with Crippen LogP contribution in [0, 0.1) is 0 Å². The number of carbonyl (C=O) groups excluding carboxylic acids is 1. The van der Waals surface area contributed by atoms with Crippen LogP contribution in [0.3, 0.4) is 0 Å². The van der Waals surface area contributed by atoms with Crippen molar-refractivity contribution in [3.8, 4) is 0 Å². The first-order valence-corrected chi connectivity index (χ1v) is 10.1. The van der Waals surface area contributed by atoms with Gasteiger partial charge in [0.05, 0.1) is 19.4 Å². The number of thiophene rings is 1. The summed E-state index contributed by atoms with van der Waals surface area (Å²) in [6, 6.07) is 11.9. The van der Waals surface area contributed by atoms with E-state index in [1.165, 1.54) is 11.3 Å². The average Bonchev–Trinajstić information content (AvgIpc) is 3.01. The fraction of sp³-hybridized carbons (Fsp3) is 0.312. The van der Waals surface area contributed by atoms with Crippen LogP contribution in [0.5, 0.6) is 0 Å². The minimum atomic E-state index is -3.33. The van der Waals surface area contributed by atoms with Crippen molar-refractivity contribution in [2.45, 2.75) is 23.0 Å². The van der Waals surface area contributed by atoms with Gasteiger partial charge in [0.1, 0.15) is 0 Å². The smallest absolute Gasteiger partial charge is 0.263 e. The Hall–Kier alpha value is -1.37. The molecule has 0 saturated carbocycles. The van der Waals surface area contributed by atoms with Crippen LogP contribution >= 0.6 is 22.9 Å². The minimum Gasteiger partial charge on any atom is -0.338 e. The van der Waals surface area contributed by atoms with Crippen molar-refractivity contribution in [1.82, 2.24) is 4.90 Å². The van der Waals surface area contributed by atoms with E-state index in [4.69, 9.17) is 11.6 Å². The van der Waals surface area contributed by atoms with Crippen molar-refractivity contribution >= 4 is 38.7 Å².